The molecule has 20 heavy (non-hydrogen) atoms. The highest BCUT2D eigenvalue weighted by atomic mass is 35.5. The average molecular weight is 292 g/mol. The number of benzene rings is 2. The number of anilines is 3. The van der Waals surface area contributed by atoms with Gasteiger partial charge in [0.15, 0.2) is 0 Å². The van der Waals surface area contributed by atoms with Gasteiger partial charge in [0.05, 0.1) is 23.4 Å². The van der Waals surface area contributed by atoms with Crippen LogP contribution < -0.4 is 21.5 Å². The first-order valence-corrected chi connectivity index (χ1v) is 6.19. The molecule has 0 radical (unpaired) electrons. The molecule has 5 N–H and O–H groups in total. The molecule has 0 saturated heterocycles. The number of halogens is 1. The fourth-order valence-corrected chi connectivity index (χ4v) is 1.97. The first kappa shape index (κ1) is 14.0. The number of methoxy groups -OCH3 is 1. The molecule has 0 heterocycles. The summed E-state index contributed by atoms with van der Waals surface area (Å²) in [5.41, 5.74) is 13.2. The van der Waals surface area contributed by atoms with E-state index in [4.69, 9.17) is 27.8 Å². The zero-order valence-electron chi connectivity index (χ0n) is 10.8. The standard InChI is InChI=1S/C14H14ClN3O2/c1-20-13-7-9(3-5-11(13)15)18-12-6-8(16)2-4-10(12)14(17)19/h2-7,18H,16H2,1H3,(H2,17,19). The highest BCUT2D eigenvalue weighted by molar-refractivity contribution is 6.32. The molecular weight excluding hydrogens is 278 g/mol. The Morgan fingerprint density at radius 2 is 2.00 bits per heavy atom. The maximum atomic E-state index is 11.4. The number of carbonyl (C=O) groups excluding carboxylic acids is 1. The molecule has 0 unspecified atom stereocenters. The molecule has 0 aromatic heterocycles. The molecule has 0 fully saturated rings. The zero-order valence-corrected chi connectivity index (χ0v) is 11.6. The smallest absolute Gasteiger partial charge is 0.250 e. The maximum Gasteiger partial charge on any atom is 0.250 e. The van der Waals surface area contributed by atoms with Gasteiger partial charge in [-0.05, 0) is 30.3 Å². The van der Waals surface area contributed by atoms with E-state index in [0.717, 1.165) is 0 Å². The molecule has 0 aliphatic carbocycles. The van der Waals surface area contributed by atoms with Crippen molar-refractivity contribution in [2.45, 2.75) is 0 Å². The molecule has 0 atom stereocenters. The van der Waals surface area contributed by atoms with Crippen molar-refractivity contribution in [3.8, 4) is 5.75 Å². The van der Waals surface area contributed by atoms with Crippen LogP contribution >= 0.6 is 11.6 Å². The Bertz CT molecular complexity index is 659. The summed E-state index contributed by atoms with van der Waals surface area (Å²) in [6, 6.07) is 10.0. The second-order valence-electron chi connectivity index (χ2n) is 4.14. The van der Waals surface area contributed by atoms with Crippen LogP contribution in [0.4, 0.5) is 17.1 Å². The monoisotopic (exact) mass is 291 g/mol. The van der Waals surface area contributed by atoms with Gasteiger partial charge in [-0.25, -0.2) is 0 Å². The first-order chi connectivity index (χ1) is 9.51. The number of nitrogens with one attached hydrogen (secondary N) is 1. The van der Waals surface area contributed by atoms with E-state index in [9.17, 15) is 4.79 Å². The van der Waals surface area contributed by atoms with Gasteiger partial charge in [-0.15, -0.1) is 0 Å². The van der Waals surface area contributed by atoms with E-state index in [1.807, 2.05) is 0 Å². The number of nitrogen functional groups attached to an aromatic ring is 1. The lowest BCUT2D eigenvalue weighted by atomic mass is 10.1. The van der Waals surface area contributed by atoms with Gasteiger partial charge in [0, 0.05) is 17.4 Å². The van der Waals surface area contributed by atoms with Crippen LogP contribution in [-0.2, 0) is 0 Å². The lowest BCUT2D eigenvalue weighted by Crippen LogP contribution is -2.13. The summed E-state index contributed by atoms with van der Waals surface area (Å²) in [6.45, 7) is 0. The quantitative estimate of drug-likeness (QED) is 0.756. The minimum atomic E-state index is -0.534. The molecule has 104 valence electrons. The molecule has 0 spiro atoms. The summed E-state index contributed by atoms with van der Waals surface area (Å²) in [6.07, 6.45) is 0. The van der Waals surface area contributed by atoms with Gasteiger partial charge >= 0.3 is 0 Å². The number of amides is 1. The normalized spacial score (nSPS) is 10.1. The van der Waals surface area contributed by atoms with Gasteiger partial charge in [-0.3, -0.25) is 4.79 Å². The molecule has 5 nitrogen and oxygen atoms in total. The Labute approximate surface area is 121 Å². The summed E-state index contributed by atoms with van der Waals surface area (Å²) in [5, 5.41) is 3.58. The third kappa shape index (κ3) is 2.95. The summed E-state index contributed by atoms with van der Waals surface area (Å²) in [7, 11) is 1.53. The van der Waals surface area contributed by atoms with Crippen molar-refractivity contribution in [2.24, 2.45) is 5.73 Å². The van der Waals surface area contributed by atoms with Crippen LogP contribution in [0.5, 0.6) is 5.75 Å². The SMILES string of the molecule is COc1cc(Nc2cc(N)ccc2C(N)=O)ccc1Cl. The third-order valence-corrected chi connectivity index (χ3v) is 3.05. The summed E-state index contributed by atoms with van der Waals surface area (Å²) < 4.78 is 5.14. The van der Waals surface area contributed by atoms with E-state index in [1.165, 1.54) is 7.11 Å². The van der Waals surface area contributed by atoms with Crippen molar-refractivity contribution in [3.63, 3.8) is 0 Å². The number of hydrogen-bond donors (Lipinski definition) is 3. The lowest BCUT2D eigenvalue weighted by molar-refractivity contribution is 0.100. The predicted octanol–water partition coefficient (Wildman–Crippen LogP) is 2.77. The van der Waals surface area contributed by atoms with Crippen LogP contribution in [0.25, 0.3) is 0 Å². The van der Waals surface area contributed by atoms with Gasteiger partial charge in [-0.1, -0.05) is 11.6 Å². The van der Waals surface area contributed by atoms with Crippen LogP contribution in [0.1, 0.15) is 10.4 Å². The topological polar surface area (TPSA) is 90.4 Å². The summed E-state index contributed by atoms with van der Waals surface area (Å²) in [4.78, 5) is 11.4. The van der Waals surface area contributed by atoms with Crippen LogP contribution in [0.15, 0.2) is 36.4 Å². The Kier molecular flexibility index (Phi) is 4.00. The molecule has 1 amide bonds. The largest absolute Gasteiger partial charge is 0.495 e. The Balaban J connectivity index is 2.39. The van der Waals surface area contributed by atoms with Crippen molar-refractivity contribution in [1.29, 1.82) is 0 Å². The van der Waals surface area contributed by atoms with Crippen LogP contribution in [0.2, 0.25) is 5.02 Å². The highest BCUT2D eigenvalue weighted by Crippen LogP contribution is 2.30. The lowest BCUT2D eigenvalue weighted by Gasteiger charge is -2.12. The number of nitrogens with two attached hydrogens (primary N) is 2. The number of carbonyl (C=O) groups is 1. The third-order valence-electron chi connectivity index (χ3n) is 2.74. The molecule has 2 rings (SSSR count). The van der Waals surface area contributed by atoms with E-state index in [-0.39, 0.29) is 0 Å². The van der Waals surface area contributed by atoms with Crippen molar-refractivity contribution >= 4 is 34.6 Å². The van der Waals surface area contributed by atoms with Gasteiger partial charge < -0.3 is 21.5 Å². The first-order valence-electron chi connectivity index (χ1n) is 5.81. The van der Waals surface area contributed by atoms with Gasteiger partial charge in [0.25, 0.3) is 5.91 Å². The van der Waals surface area contributed by atoms with Gasteiger partial charge in [0.2, 0.25) is 0 Å². The second kappa shape index (κ2) is 5.71. The minimum absolute atomic E-state index is 0.355. The highest BCUT2D eigenvalue weighted by Gasteiger charge is 2.10. The van der Waals surface area contributed by atoms with Crippen molar-refractivity contribution in [1.82, 2.24) is 0 Å². The maximum absolute atomic E-state index is 11.4. The number of primary amides is 1. The molecule has 0 aliphatic heterocycles. The Morgan fingerprint density at radius 3 is 2.65 bits per heavy atom. The average Bonchev–Trinajstić information content (AvgIpc) is 2.40. The van der Waals surface area contributed by atoms with Gasteiger partial charge in [0.1, 0.15) is 5.75 Å². The van der Waals surface area contributed by atoms with E-state index in [2.05, 4.69) is 5.32 Å². The molecular formula is C14H14ClN3O2. The van der Waals surface area contributed by atoms with Crippen LogP contribution in [0.3, 0.4) is 0 Å². The van der Waals surface area contributed by atoms with E-state index in [0.29, 0.717) is 33.4 Å². The second-order valence-corrected chi connectivity index (χ2v) is 4.55. The number of ether oxygens (including phenoxy) is 1. The molecule has 2 aromatic carbocycles. The molecule has 0 bridgehead atoms. The van der Waals surface area contributed by atoms with Crippen LogP contribution in [0, 0.1) is 0 Å². The van der Waals surface area contributed by atoms with Crippen LogP contribution in [-0.4, -0.2) is 13.0 Å². The van der Waals surface area contributed by atoms with Gasteiger partial charge in [-0.2, -0.15) is 0 Å². The Morgan fingerprint density at radius 1 is 1.25 bits per heavy atom. The van der Waals surface area contributed by atoms with E-state index < -0.39 is 5.91 Å². The minimum Gasteiger partial charge on any atom is -0.495 e. The fraction of sp³-hybridized carbons (Fsp3) is 0.0714. The summed E-state index contributed by atoms with van der Waals surface area (Å²) in [5.74, 6) is -0.00498. The molecule has 0 saturated carbocycles. The fourth-order valence-electron chi connectivity index (χ4n) is 1.77. The van der Waals surface area contributed by atoms with Crippen molar-refractivity contribution < 1.29 is 9.53 Å². The van der Waals surface area contributed by atoms with E-state index >= 15 is 0 Å². The zero-order chi connectivity index (χ0) is 14.7. The van der Waals surface area contributed by atoms with Crippen molar-refractivity contribution in [3.05, 3.63) is 47.0 Å². The Hall–Kier alpha value is -2.40. The summed E-state index contributed by atoms with van der Waals surface area (Å²) >= 11 is 5.96. The van der Waals surface area contributed by atoms with E-state index in [1.54, 1.807) is 36.4 Å². The number of rotatable bonds is 4. The molecule has 6 heteroatoms. The number of hydrogen-bond acceptors (Lipinski definition) is 4. The molecule has 0 aliphatic rings. The van der Waals surface area contributed by atoms with Crippen molar-refractivity contribution in [2.75, 3.05) is 18.2 Å². The predicted molar refractivity (Wildman–Crippen MR) is 80.7 cm³/mol. The molecule has 2 aromatic rings.